The van der Waals surface area contributed by atoms with Gasteiger partial charge in [-0.1, -0.05) is 18.5 Å². The van der Waals surface area contributed by atoms with Gasteiger partial charge < -0.3 is 10.3 Å². The van der Waals surface area contributed by atoms with Crippen LogP contribution in [0.5, 0.6) is 0 Å². The highest BCUT2D eigenvalue weighted by atomic mass is 79.9. The molecule has 124 valence electrons. The largest absolute Gasteiger partial charge is 0.359 e. The van der Waals surface area contributed by atoms with Gasteiger partial charge in [-0.3, -0.25) is 4.79 Å². The summed E-state index contributed by atoms with van der Waals surface area (Å²) in [5.41, 5.74) is 6.03. The number of aromatic nitrogens is 1. The van der Waals surface area contributed by atoms with E-state index in [-0.39, 0.29) is 5.91 Å². The Morgan fingerprint density at radius 3 is 3.00 bits per heavy atom. The van der Waals surface area contributed by atoms with E-state index in [9.17, 15) is 4.79 Å². The second kappa shape index (κ2) is 6.08. The lowest BCUT2D eigenvalue weighted by Gasteiger charge is -2.20. The fourth-order valence-electron chi connectivity index (χ4n) is 3.81. The molecule has 0 radical (unpaired) electrons. The Labute approximate surface area is 154 Å². The van der Waals surface area contributed by atoms with Crippen LogP contribution in [0.4, 0.5) is 5.69 Å². The fourth-order valence-corrected chi connectivity index (χ4v) is 4.72. The number of hydrogen-bond acceptors (Lipinski definition) is 1. The minimum absolute atomic E-state index is 0.0902. The molecule has 1 aliphatic heterocycles. The molecule has 1 aliphatic carbocycles. The fraction of sp³-hybridized carbons (Fsp3) is 0.316. The van der Waals surface area contributed by atoms with Gasteiger partial charge in [-0.25, -0.2) is 0 Å². The van der Waals surface area contributed by atoms with Crippen molar-refractivity contribution in [1.82, 2.24) is 4.98 Å². The number of halogens is 2. The van der Waals surface area contributed by atoms with E-state index in [2.05, 4.69) is 39.2 Å². The van der Waals surface area contributed by atoms with Crippen LogP contribution in [0.1, 0.15) is 54.6 Å². The molecule has 1 aromatic heterocycles. The van der Waals surface area contributed by atoms with Crippen LogP contribution in [-0.4, -0.2) is 10.9 Å². The van der Waals surface area contributed by atoms with Crippen molar-refractivity contribution in [3.05, 3.63) is 50.2 Å². The number of rotatable bonds is 2. The van der Waals surface area contributed by atoms with Crippen LogP contribution in [0.15, 0.2) is 22.7 Å². The molecule has 4 rings (SSSR count). The van der Waals surface area contributed by atoms with Gasteiger partial charge in [0, 0.05) is 26.4 Å². The lowest BCUT2D eigenvalue weighted by atomic mass is 9.85. The van der Waals surface area contributed by atoms with E-state index < -0.39 is 0 Å². The molecule has 24 heavy (non-hydrogen) atoms. The Morgan fingerprint density at radius 1 is 1.38 bits per heavy atom. The third-order valence-corrected chi connectivity index (χ3v) is 5.84. The summed E-state index contributed by atoms with van der Waals surface area (Å²) in [5.74, 6) is 0.540. The summed E-state index contributed by atoms with van der Waals surface area (Å²) in [7, 11) is 0. The molecule has 1 atom stereocenters. The van der Waals surface area contributed by atoms with E-state index in [4.69, 9.17) is 11.6 Å². The average molecular weight is 406 g/mol. The van der Waals surface area contributed by atoms with E-state index in [1.165, 1.54) is 24.1 Å². The molecular formula is C19H18BrClN2O. The van der Waals surface area contributed by atoms with E-state index >= 15 is 0 Å². The summed E-state index contributed by atoms with van der Waals surface area (Å²) in [6.45, 7) is 2.24. The number of H-pyrrole nitrogens is 1. The molecule has 0 saturated carbocycles. The number of amides is 1. The topological polar surface area (TPSA) is 44.9 Å². The highest BCUT2D eigenvalue weighted by Gasteiger charge is 2.27. The molecule has 0 saturated heterocycles. The summed E-state index contributed by atoms with van der Waals surface area (Å²) in [6.07, 6.45) is 6.67. The maximum absolute atomic E-state index is 12.4. The third-order valence-electron chi connectivity index (χ3n) is 4.99. The molecule has 0 bridgehead atoms. The Kier molecular flexibility index (Phi) is 4.05. The van der Waals surface area contributed by atoms with Crippen molar-refractivity contribution in [3.63, 3.8) is 0 Å². The predicted molar refractivity (Wildman–Crippen MR) is 102 cm³/mol. The van der Waals surface area contributed by atoms with Gasteiger partial charge in [-0.05, 0) is 77.4 Å². The van der Waals surface area contributed by atoms with Crippen molar-refractivity contribution in [2.75, 3.05) is 5.32 Å². The number of hydrogen-bond donors (Lipinski definition) is 2. The number of aromatic amines is 1. The van der Waals surface area contributed by atoms with Gasteiger partial charge in [0.05, 0.1) is 11.3 Å². The van der Waals surface area contributed by atoms with Crippen molar-refractivity contribution >= 4 is 50.8 Å². The van der Waals surface area contributed by atoms with E-state index in [0.29, 0.717) is 16.5 Å². The van der Waals surface area contributed by atoms with Crippen LogP contribution < -0.4 is 5.32 Å². The van der Waals surface area contributed by atoms with E-state index in [1.54, 1.807) is 6.07 Å². The summed E-state index contributed by atoms with van der Waals surface area (Å²) >= 11 is 9.63. The van der Waals surface area contributed by atoms with Crippen LogP contribution >= 0.6 is 27.5 Å². The first-order valence-electron chi connectivity index (χ1n) is 8.31. The highest BCUT2D eigenvalue weighted by Crippen LogP contribution is 2.41. The first kappa shape index (κ1) is 16.0. The third kappa shape index (κ3) is 2.62. The monoisotopic (exact) mass is 404 g/mol. The summed E-state index contributed by atoms with van der Waals surface area (Å²) in [6, 6.07) is 5.84. The molecule has 3 nitrogen and oxygen atoms in total. The molecule has 2 heterocycles. The molecule has 0 spiro atoms. The zero-order valence-corrected chi connectivity index (χ0v) is 15.7. The van der Waals surface area contributed by atoms with Crippen LogP contribution in [0.2, 0.25) is 5.02 Å². The molecule has 5 heteroatoms. The molecule has 1 amide bonds. The number of aryl methyl sites for hydroxylation is 1. The number of anilines is 1. The quantitative estimate of drug-likeness (QED) is 0.614. The number of fused-ring (bicyclic) bond motifs is 2. The predicted octanol–water partition coefficient (Wildman–Crippen LogP) is 5.75. The molecule has 2 N–H and O–H groups in total. The Morgan fingerprint density at radius 2 is 2.21 bits per heavy atom. The Balaban J connectivity index is 1.78. The van der Waals surface area contributed by atoms with Crippen molar-refractivity contribution in [1.29, 1.82) is 0 Å². The molecule has 0 fully saturated rings. The average Bonchev–Trinajstić information content (AvgIpc) is 3.09. The molecule has 1 unspecified atom stereocenters. The highest BCUT2D eigenvalue weighted by molar-refractivity contribution is 9.10. The smallest absolute Gasteiger partial charge is 0.256 e. The van der Waals surface area contributed by atoms with E-state index in [1.807, 2.05) is 12.1 Å². The van der Waals surface area contributed by atoms with Crippen molar-refractivity contribution in [2.24, 2.45) is 0 Å². The Bertz CT molecular complexity index is 868. The van der Waals surface area contributed by atoms with Gasteiger partial charge >= 0.3 is 0 Å². The van der Waals surface area contributed by atoms with Gasteiger partial charge in [-0.2, -0.15) is 0 Å². The summed E-state index contributed by atoms with van der Waals surface area (Å²) in [4.78, 5) is 15.9. The summed E-state index contributed by atoms with van der Waals surface area (Å²) < 4.78 is 0.804. The lowest BCUT2D eigenvalue weighted by molar-refractivity contribution is -0.110. The molecule has 2 aliphatic rings. The number of nitrogens with one attached hydrogen (secondary N) is 2. The van der Waals surface area contributed by atoms with Gasteiger partial charge in [0.25, 0.3) is 5.91 Å². The van der Waals surface area contributed by atoms with Gasteiger partial charge in [0.15, 0.2) is 0 Å². The molecule has 2 aromatic rings. The lowest BCUT2D eigenvalue weighted by Crippen LogP contribution is -2.07. The van der Waals surface area contributed by atoms with Crippen LogP contribution in [0.25, 0.3) is 11.6 Å². The Hall–Kier alpha value is -1.52. The second-order valence-corrected chi connectivity index (χ2v) is 7.77. The maximum atomic E-state index is 12.4. The SMILES string of the molecule is CCC1CCCc2[nH]c(C=C3C(=O)Nc4c(Br)cc(Cl)cc43)cc21. The number of benzene rings is 1. The maximum Gasteiger partial charge on any atom is 0.256 e. The first-order valence-corrected chi connectivity index (χ1v) is 9.48. The standard InChI is InChI=1S/C19H18BrClN2O/c1-2-10-4-3-5-17-13(10)8-12(22-17)9-15-14-6-11(21)7-16(20)18(14)23-19(15)24/h6-10,22H,2-5H2,1H3,(H,23,24). The van der Waals surface area contributed by atoms with Gasteiger partial charge in [0.1, 0.15) is 0 Å². The second-order valence-electron chi connectivity index (χ2n) is 6.48. The van der Waals surface area contributed by atoms with Gasteiger partial charge in [0.2, 0.25) is 0 Å². The minimum Gasteiger partial charge on any atom is -0.359 e. The van der Waals surface area contributed by atoms with Crippen molar-refractivity contribution in [3.8, 4) is 0 Å². The van der Waals surface area contributed by atoms with Gasteiger partial charge in [-0.15, -0.1) is 0 Å². The molecular weight excluding hydrogens is 388 g/mol. The zero-order valence-electron chi connectivity index (χ0n) is 13.4. The summed E-state index contributed by atoms with van der Waals surface area (Å²) in [5, 5.41) is 3.53. The number of carbonyl (C=O) groups excluding carboxylic acids is 1. The van der Waals surface area contributed by atoms with Crippen LogP contribution in [0.3, 0.4) is 0 Å². The normalized spacial score (nSPS) is 20.9. The minimum atomic E-state index is -0.0902. The zero-order chi connectivity index (χ0) is 16.8. The van der Waals surface area contributed by atoms with Crippen LogP contribution in [0, 0.1) is 0 Å². The number of carbonyl (C=O) groups is 1. The van der Waals surface area contributed by atoms with Crippen molar-refractivity contribution in [2.45, 2.75) is 38.5 Å². The first-order chi connectivity index (χ1) is 11.6. The molecule has 1 aromatic carbocycles. The van der Waals surface area contributed by atoms with E-state index in [0.717, 1.165) is 34.3 Å². The van der Waals surface area contributed by atoms with Crippen LogP contribution in [-0.2, 0) is 11.2 Å². The van der Waals surface area contributed by atoms with Crippen molar-refractivity contribution < 1.29 is 4.79 Å².